The molecule has 1 aromatic heterocycles. The van der Waals surface area contributed by atoms with Gasteiger partial charge in [-0.05, 0) is 29.8 Å². The summed E-state index contributed by atoms with van der Waals surface area (Å²) in [7, 11) is 0. The number of halogens is 1. The van der Waals surface area contributed by atoms with Crippen LogP contribution in [0.5, 0.6) is 11.5 Å². The summed E-state index contributed by atoms with van der Waals surface area (Å²) in [6.45, 7) is 2.99. The van der Waals surface area contributed by atoms with Crippen molar-refractivity contribution in [1.82, 2.24) is 4.90 Å². The molecule has 2 aromatic rings. The summed E-state index contributed by atoms with van der Waals surface area (Å²) in [5, 5.41) is 9.40. The summed E-state index contributed by atoms with van der Waals surface area (Å²) in [6, 6.07) is 9.80. The highest BCUT2D eigenvalue weighted by Gasteiger charge is 2.18. The van der Waals surface area contributed by atoms with Gasteiger partial charge < -0.3 is 13.9 Å². The number of fused-ring (bicyclic) bond motifs is 1. The van der Waals surface area contributed by atoms with E-state index in [4.69, 9.17) is 30.8 Å². The Morgan fingerprint density at radius 3 is 2.87 bits per heavy atom. The molecule has 1 aliphatic heterocycles. The van der Waals surface area contributed by atoms with E-state index in [1.54, 1.807) is 6.26 Å². The summed E-state index contributed by atoms with van der Waals surface area (Å²) < 4.78 is 16.6. The highest BCUT2D eigenvalue weighted by Crippen LogP contribution is 2.38. The van der Waals surface area contributed by atoms with Gasteiger partial charge in [-0.15, -0.1) is 0 Å². The molecule has 1 aliphatic rings. The molecule has 0 unspecified atom stereocenters. The van der Waals surface area contributed by atoms with Crippen molar-refractivity contribution in [2.75, 3.05) is 19.8 Å². The first kappa shape index (κ1) is 15.7. The van der Waals surface area contributed by atoms with Crippen LogP contribution in [0.2, 0.25) is 5.02 Å². The summed E-state index contributed by atoms with van der Waals surface area (Å²) in [5.41, 5.74) is 1.02. The first-order chi connectivity index (χ1) is 11.3. The van der Waals surface area contributed by atoms with E-state index >= 15 is 0 Å². The molecule has 0 amide bonds. The molecule has 120 valence electrons. The molecule has 0 saturated carbocycles. The van der Waals surface area contributed by atoms with E-state index < -0.39 is 0 Å². The number of benzene rings is 1. The Morgan fingerprint density at radius 1 is 1.22 bits per heavy atom. The minimum Gasteiger partial charge on any atom is -0.486 e. The van der Waals surface area contributed by atoms with Crippen LogP contribution in [-0.2, 0) is 13.1 Å². The Bertz CT molecular complexity index is 695. The number of rotatable bonds is 6. The fraction of sp³-hybridized carbons (Fsp3) is 0.353. The Morgan fingerprint density at radius 2 is 2.09 bits per heavy atom. The fourth-order valence-electron chi connectivity index (χ4n) is 2.56. The largest absolute Gasteiger partial charge is 0.486 e. The zero-order valence-corrected chi connectivity index (χ0v) is 13.4. The van der Waals surface area contributed by atoms with Gasteiger partial charge in [0.2, 0.25) is 0 Å². The molecule has 2 heterocycles. The summed E-state index contributed by atoms with van der Waals surface area (Å²) >= 11 is 6.28. The summed E-state index contributed by atoms with van der Waals surface area (Å²) in [6.07, 6.45) is 2.11. The smallest absolute Gasteiger partial charge is 0.179 e. The lowest BCUT2D eigenvalue weighted by Gasteiger charge is -2.23. The zero-order valence-electron chi connectivity index (χ0n) is 12.6. The van der Waals surface area contributed by atoms with E-state index in [0.29, 0.717) is 55.8 Å². The van der Waals surface area contributed by atoms with Gasteiger partial charge in [0, 0.05) is 19.5 Å². The van der Waals surface area contributed by atoms with Crippen molar-refractivity contribution in [1.29, 1.82) is 5.26 Å². The molecule has 5 nitrogen and oxygen atoms in total. The van der Waals surface area contributed by atoms with Crippen LogP contribution in [0.15, 0.2) is 34.9 Å². The van der Waals surface area contributed by atoms with Gasteiger partial charge in [0.15, 0.2) is 11.5 Å². The molecule has 0 radical (unpaired) electrons. The van der Waals surface area contributed by atoms with E-state index in [1.165, 1.54) is 0 Å². The normalized spacial score (nSPS) is 13.1. The lowest BCUT2D eigenvalue weighted by atomic mass is 10.1. The van der Waals surface area contributed by atoms with Gasteiger partial charge in [-0.1, -0.05) is 11.6 Å². The average Bonchev–Trinajstić information content (AvgIpc) is 3.06. The molecule has 3 rings (SSSR count). The van der Waals surface area contributed by atoms with Crippen LogP contribution in [0.25, 0.3) is 0 Å². The third-order valence-electron chi connectivity index (χ3n) is 3.56. The van der Waals surface area contributed by atoms with E-state index in [2.05, 4.69) is 11.0 Å². The quantitative estimate of drug-likeness (QED) is 0.808. The van der Waals surface area contributed by atoms with Gasteiger partial charge in [-0.3, -0.25) is 4.90 Å². The maximum atomic E-state index is 8.85. The first-order valence-electron chi connectivity index (χ1n) is 7.46. The van der Waals surface area contributed by atoms with Crippen LogP contribution in [0.3, 0.4) is 0 Å². The molecular weight excluding hydrogens is 316 g/mol. The predicted octanol–water partition coefficient (Wildman–Crippen LogP) is 3.62. The van der Waals surface area contributed by atoms with E-state index in [9.17, 15) is 0 Å². The van der Waals surface area contributed by atoms with Gasteiger partial charge in [-0.2, -0.15) is 5.26 Å². The minimum atomic E-state index is 0.457. The molecule has 23 heavy (non-hydrogen) atoms. The second-order valence-corrected chi connectivity index (χ2v) is 5.71. The summed E-state index contributed by atoms with van der Waals surface area (Å²) in [4.78, 5) is 2.14. The molecule has 0 aliphatic carbocycles. The molecule has 1 aromatic carbocycles. The average molecular weight is 333 g/mol. The van der Waals surface area contributed by atoms with Crippen molar-refractivity contribution >= 4 is 11.6 Å². The van der Waals surface area contributed by atoms with E-state index in [-0.39, 0.29) is 0 Å². The monoisotopic (exact) mass is 332 g/mol. The number of furan rings is 1. The SMILES string of the molecule is N#CCCN(Cc1cc(Cl)c2c(c1)OCCO2)Cc1ccco1. The standard InChI is InChI=1S/C17H17ClN2O3/c18-15-9-13(10-16-17(15)23-8-7-22-16)11-20(5-2-4-19)12-14-3-1-6-21-14/h1,3,6,9-10H,2,5,7-8,11-12H2. The second-order valence-electron chi connectivity index (χ2n) is 5.30. The van der Waals surface area contributed by atoms with Crippen molar-refractivity contribution in [3.63, 3.8) is 0 Å². The van der Waals surface area contributed by atoms with Gasteiger partial charge >= 0.3 is 0 Å². The molecule has 0 saturated heterocycles. The highest BCUT2D eigenvalue weighted by molar-refractivity contribution is 6.32. The molecule has 0 N–H and O–H groups in total. The highest BCUT2D eigenvalue weighted by atomic mass is 35.5. The van der Waals surface area contributed by atoms with E-state index in [0.717, 1.165) is 11.3 Å². The maximum absolute atomic E-state index is 8.85. The van der Waals surface area contributed by atoms with Gasteiger partial charge in [0.05, 0.1) is 23.9 Å². The number of hydrogen-bond acceptors (Lipinski definition) is 5. The van der Waals surface area contributed by atoms with Crippen molar-refractivity contribution in [2.45, 2.75) is 19.5 Å². The lowest BCUT2D eigenvalue weighted by molar-refractivity contribution is 0.171. The van der Waals surface area contributed by atoms with E-state index in [1.807, 2.05) is 24.3 Å². The number of hydrogen-bond donors (Lipinski definition) is 0. The Kier molecular flexibility index (Phi) is 5.06. The van der Waals surface area contributed by atoms with Gasteiger partial charge in [-0.25, -0.2) is 0 Å². The van der Waals surface area contributed by atoms with Crippen LogP contribution in [0, 0.1) is 11.3 Å². The van der Waals surface area contributed by atoms with Crippen LogP contribution in [0.4, 0.5) is 0 Å². The van der Waals surface area contributed by atoms with Crippen molar-refractivity contribution in [3.8, 4) is 17.6 Å². The second kappa shape index (κ2) is 7.40. The Hall–Kier alpha value is -2.16. The molecule has 0 atom stereocenters. The summed E-state index contributed by atoms with van der Waals surface area (Å²) in [5.74, 6) is 2.15. The third-order valence-corrected chi connectivity index (χ3v) is 3.84. The number of ether oxygens (including phenoxy) is 2. The zero-order chi connectivity index (χ0) is 16.1. The van der Waals surface area contributed by atoms with Gasteiger partial charge in [0.1, 0.15) is 19.0 Å². The molecule has 0 bridgehead atoms. The minimum absolute atomic E-state index is 0.457. The third kappa shape index (κ3) is 3.98. The molecule has 0 fully saturated rings. The number of nitrogens with zero attached hydrogens (tertiary/aromatic N) is 2. The van der Waals surface area contributed by atoms with Crippen molar-refractivity contribution in [3.05, 3.63) is 46.9 Å². The number of nitriles is 1. The van der Waals surface area contributed by atoms with Crippen LogP contribution < -0.4 is 9.47 Å². The first-order valence-corrected chi connectivity index (χ1v) is 7.84. The molecule has 0 spiro atoms. The Balaban J connectivity index is 1.76. The topological polar surface area (TPSA) is 58.6 Å². The van der Waals surface area contributed by atoms with Crippen molar-refractivity contribution < 1.29 is 13.9 Å². The molecular formula is C17H17ClN2O3. The van der Waals surface area contributed by atoms with Crippen LogP contribution in [-0.4, -0.2) is 24.7 Å². The van der Waals surface area contributed by atoms with Crippen molar-refractivity contribution in [2.24, 2.45) is 0 Å². The lowest BCUT2D eigenvalue weighted by Crippen LogP contribution is -2.24. The maximum Gasteiger partial charge on any atom is 0.179 e. The fourth-order valence-corrected chi connectivity index (χ4v) is 2.85. The van der Waals surface area contributed by atoms with Gasteiger partial charge in [0.25, 0.3) is 0 Å². The predicted molar refractivity (Wildman–Crippen MR) is 85.5 cm³/mol. The van der Waals surface area contributed by atoms with Crippen LogP contribution in [0.1, 0.15) is 17.7 Å². The Labute approximate surface area is 140 Å². The molecule has 6 heteroatoms. The van der Waals surface area contributed by atoms with Crippen LogP contribution >= 0.6 is 11.6 Å².